The van der Waals surface area contributed by atoms with Gasteiger partial charge in [0.1, 0.15) is 0 Å². The predicted octanol–water partition coefficient (Wildman–Crippen LogP) is 1.05. The van der Waals surface area contributed by atoms with Gasteiger partial charge in [0.05, 0.1) is 18.4 Å². The second kappa shape index (κ2) is 5.14. The van der Waals surface area contributed by atoms with Crippen molar-refractivity contribution < 1.29 is 0 Å². The first-order valence-corrected chi connectivity index (χ1v) is 6.19. The largest absolute Gasteiger partial charge is 0.351 e. The number of rotatable bonds is 4. The van der Waals surface area contributed by atoms with Gasteiger partial charge >= 0.3 is 0 Å². The van der Waals surface area contributed by atoms with Crippen molar-refractivity contribution in [3.63, 3.8) is 0 Å². The summed E-state index contributed by atoms with van der Waals surface area (Å²) in [4.78, 5) is 15.1. The Morgan fingerprint density at radius 1 is 1.30 bits per heavy atom. The molecule has 0 bridgehead atoms. The monoisotopic (exact) mass is 269 g/mol. The van der Waals surface area contributed by atoms with Gasteiger partial charge in [-0.25, -0.2) is 15.8 Å². The normalized spacial score (nSPS) is 10.7. The summed E-state index contributed by atoms with van der Waals surface area (Å²) in [7, 11) is 1.95. The zero-order valence-corrected chi connectivity index (χ0v) is 11.1. The number of pyridine rings is 1. The quantitative estimate of drug-likeness (QED) is 0.544. The molecule has 0 unspecified atom stereocenters. The summed E-state index contributed by atoms with van der Waals surface area (Å²) in [5.41, 5.74) is 4.31. The molecule has 20 heavy (non-hydrogen) atoms. The van der Waals surface area contributed by atoms with Crippen molar-refractivity contribution in [2.45, 2.75) is 6.54 Å². The van der Waals surface area contributed by atoms with Crippen LogP contribution < -0.4 is 16.2 Å². The number of fused-ring (bicyclic) bond motifs is 1. The van der Waals surface area contributed by atoms with Gasteiger partial charge in [-0.15, -0.1) is 0 Å². The lowest BCUT2D eigenvalue weighted by molar-refractivity contribution is 0.862. The van der Waals surface area contributed by atoms with Crippen LogP contribution in [0.1, 0.15) is 5.69 Å². The van der Waals surface area contributed by atoms with Gasteiger partial charge in [0.2, 0.25) is 0 Å². The van der Waals surface area contributed by atoms with E-state index in [9.17, 15) is 0 Å². The standard InChI is InChI=1S/C13H15N7/c1-19(8-10-4-2-3-5-15-10)13-12-16-6-7-20(12)9-11(17-13)18-14/h2-7,9,18H,8,14H2,1H3. The highest BCUT2D eigenvalue weighted by molar-refractivity contribution is 5.66. The molecule has 3 aromatic heterocycles. The van der Waals surface area contributed by atoms with E-state index in [4.69, 9.17) is 5.84 Å². The first-order valence-electron chi connectivity index (χ1n) is 6.19. The van der Waals surface area contributed by atoms with E-state index in [2.05, 4.69) is 20.4 Å². The molecule has 0 radical (unpaired) electrons. The molecule has 0 saturated carbocycles. The van der Waals surface area contributed by atoms with E-state index >= 15 is 0 Å². The number of nitrogens with two attached hydrogens (primary N) is 1. The highest BCUT2D eigenvalue weighted by atomic mass is 15.3. The number of aromatic nitrogens is 4. The van der Waals surface area contributed by atoms with Crippen LogP contribution in [0.15, 0.2) is 43.0 Å². The highest BCUT2D eigenvalue weighted by Crippen LogP contribution is 2.20. The van der Waals surface area contributed by atoms with Crippen LogP contribution in [0, 0.1) is 0 Å². The molecule has 102 valence electrons. The van der Waals surface area contributed by atoms with Crippen molar-refractivity contribution in [1.82, 2.24) is 19.4 Å². The summed E-state index contributed by atoms with van der Waals surface area (Å²) in [5.74, 6) is 6.78. The van der Waals surface area contributed by atoms with Gasteiger partial charge in [-0.2, -0.15) is 0 Å². The van der Waals surface area contributed by atoms with Crippen molar-refractivity contribution in [3.8, 4) is 0 Å². The van der Waals surface area contributed by atoms with Crippen molar-refractivity contribution in [2.24, 2.45) is 5.84 Å². The highest BCUT2D eigenvalue weighted by Gasteiger charge is 2.12. The summed E-state index contributed by atoms with van der Waals surface area (Å²) in [5, 5.41) is 0. The van der Waals surface area contributed by atoms with Gasteiger partial charge in [-0.05, 0) is 12.1 Å². The molecule has 3 aromatic rings. The van der Waals surface area contributed by atoms with Crippen molar-refractivity contribution in [3.05, 3.63) is 48.7 Å². The van der Waals surface area contributed by atoms with E-state index in [1.54, 1.807) is 18.6 Å². The number of anilines is 2. The van der Waals surface area contributed by atoms with Crippen molar-refractivity contribution in [1.29, 1.82) is 0 Å². The maximum absolute atomic E-state index is 5.45. The lowest BCUT2D eigenvalue weighted by Gasteiger charge is -2.19. The molecule has 3 heterocycles. The molecule has 7 nitrogen and oxygen atoms in total. The molecule has 0 amide bonds. The Morgan fingerprint density at radius 3 is 2.95 bits per heavy atom. The summed E-state index contributed by atoms with van der Waals surface area (Å²) in [6.07, 6.45) is 7.16. The van der Waals surface area contributed by atoms with Crippen LogP contribution in [0.2, 0.25) is 0 Å². The van der Waals surface area contributed by atoms with Crippen LogP contribution in [-0.2, 0) is 6.54 Å². The van der Waals surface area contributed by atoms with E-state index in [0.29, 0.717) is 12.4 Å². The zero-order chi connectivity index (χ0) is 13.9. The Bertz CT molecular complexity index is 707. The Balaban J connectivity index is 1.98. The Morgan fingerprint density at radius 2 is 2.20 bits per heavy atom. The topological polar surface area (TPSA) is 84.4 Å². The molecular weight excluding hydrogens is 254 g/mol. The predicted molar refractivity (Wildman–Crippen MR) is 77.1 cm³/mol. The number of nitrogens with one attached hydrogen (secondary N) is 1. The van der Waals surface area contributed by atoms with Crippen molar-refractivity contribution in [2.75, 3.05) is 17.4 Å². The van der Waals surface area contributed by atoms with Crippen LogP contribution in [0.5, 0.6) is 0 Å². The Hall–Kier alpha value is -2.67. The fourth-order valence-corrected chi connectivity index (χ4v) is 2.05. The number of hydrazine groups is 1. The first kappa shape index (κ1) is 12.4. The molecule has 7 heteroatoms. The molecule has 0 aliphatic rings. The fraction of sp³-hybridized carbons (Fsp3) is 0.154. The average Bonchev–Trinajstić information content (AvgIpc) is 2.95. The van der Waals surface area contributed by atoms with Gasteiger partial charge in [0.25, 0.3) is 0 Å². The van der Waals surface area contributed by atoms with E-state index < -0.39 is 0 Å². The van der Waals surface area contributed by atoms with Crippen molar-refractivity contribution >= 4 is 17.3 Å². The van der Waals surface area contributed by atoms with Gasteiger partial charge in [0.15, 0.2) is 17.3 Å². The summed E-state index contributed by atoms with van der Waals surface area (Å²) < 4.78 is 1.88. The summed E-state index contributed by atoms with van der Waals surface area (Å²) >= 11 is 0. The maximum atomic E-state index is 5.45. The second-order valence-corrected chi connectivity index (χ2v) is 4.43. The number of hydrogen-bond acceptors (Lipinski definition) is 6. The first-order chi connectivity index (χ1) is 9.78. The molecule has 3 N–H and O–H groups in total. The molecule has 0 aliphatic heterocycles. The number of imidazole rings is 1. The fourth-order valence-electron chi connectivity index (χ4n) is 2.05. The molecule has 0 aliphatic carbocycles. The minimum atomic E-state index is 0.582. The third kappa shape index (κ3) is 2.26. The van der Waals surface area contributed by atoms with Crippen LogP contribution in [0.25, 0.3) is 5.65 Å². The SMILES string of the molecule is CN(Cc1ccccn1)c1nc(NN)cn2ccnc12. The molecule has 0 saturated heterocycles. The van der Waals surface area contributed by atoms with Crippen LogP contribution in [0.3, 0.4) is 0 Å². The third-order valence-electron chi connectivity index (χ3n) is 2.99. The molecule has 3 rings (SSSR count). The van der Waals surface area contributed by atoms with E-state index in [0.717, 1.165) is 17.2 Å². The third-order valence-corrected chi connectivity index (χ3v) is 2.99. The zero-order valence-electron chi connectivity index (χ0n) is 11.1. The number of hydrogen-bond donors (Lipinski definition) is 2. The van der Waals surface area contributed by atoms with E-state index in [1.807, 2.05) is 40.7 Å². The smallest absolute Gasteiger partial charge is 0.180 e. The minimum Gasteiger partial charge on any atom is -0.351 e. The Kier molecular flexibility index (Phi) is 3.18. The van der Waals surface area contributed by atoms with E-state index in [1.165, 1.54) is 0 Å². The number of nitrogens with zero attached hydrogens (tertiary/aromatic N) is 5. The average molecular weight is 269 g/mol. The van der Waals surface area contributed by atoms with Gasteiger partial charge < -0.3 is 14.7 Å². The molecular formula is C13H15N7. The van der Waals surface area contributed by atoms with E-state index in [-0.39, 0.29) is 0 Å². The second-order valence-electron chi connectivity index (χ2n) is 4.43. The molecule has 0 spiro atoms. The van der Waals surface area contributed by atoms with Gasteiger partial charge in [-0.3, -0.25) is 4.98 Å². The number of nitrogen functional groups attached to an aromatic ring is 1. The summed E-state index contributed by atoms with van der Waals surface area (Å²) in [6, 6.07) is 5.84. The lowest BCUT2D eigenvalue weighted by Crippen LogP contribution is -2.21. The van der Waals surface area contributed by atoms with Crippen LogP contribution >= 0.6 is 0 Å². The maximum Gasteiger partial charge on any atom is 0.180 e. The Labute approximate surface area is 116 Å². The van der Waals surface area contributed by atoms with Crippen LogP contribution in [-0.4, -0.2) is 26.4 Å². The lowest BCUT2D eigenvalue weighted by atomic mass is 10.3. The molecule has 0 aromatic carbocycles. The molecule has 0 atom stereocenters. The molecule has 0 fully saturated rings. The van der Waals surface area contributed by atoms with Gasteiger partial charge in [0, 0.05) is 25.6 Å². The van der Waals surface area contributed by atoms with Crippen LogP contribution in [0.4, 0.5) is 11.6 Å². The minimum absolute atomic E-state index is 0.582. The summed E-state index contributed by atoms with van der Waals surface area (Å²) in [6.45, 7) is 0.643. The van der Waals surface area contributed by atoms with Gasteiger partial charge in [-0.1, -0.05) is 6.07 Å².